The first-order valence-electron chi connectivity index (χ1n) is 8.72. The van der Waals surface area contributed by atoms with Crippen molar-refractivity contribution in [2.75, 3.05) is 0 Å². The molecule has 1 atom stereocenters. The van der Waals surface area contributed by atoms with E-state index in [0.717, 1.165) is 16.7 Å². The first-order chi connectivity index (χ1) is 13.0. The first kappa shape index (κ1) is 20.2. The smallest absolute Gasteiger partial charge is 0.307 e. The van der Waals surface area contributed by atoms with Crippen LogP contribution in [0.2, 0.25) is 0 Å². The average molecular weight is 370 g/mol. The monoisotopic (exact) mass is 370 g/mol. The van der Waals surface area contributed by atoms with E-state index >= 15 is 0 Å². The Balaban J connectivity index is 2.11. The largest absolute Gasteiger partial charge is 0.481 e. The summed E-state index contributed by atoms with van der Waals surface area (Å²) in [6.45, 7) is 0. The average Bonchev–Trinajstić information content (AvgIpc) is 2.62. The number of benzene rings is 2. The second-order valence-electron chi connectivity index (χ2n) is 6.18. The van der Waals surface area contributed by atoms with Gasteiger partial charge in [0.1, 0.15) is 6.10 Å². The van der Waals surface area contributed by atoms with E-state index in [0.29, 0.717) is 0 Å². The van der Waals surface area contributed by atoms with Gasteiger partial charge in [-0.15, -0.1) is 0 Å². The molecule has 2 N–H and O–H groups in total. The molecular weight excluding hydrogens is 348 g/mol. The van der Waals surface area contributed by atoms with E-state index in [-0.39, 0.29) is 32.1 Å². The van der Waals surface area contributed by atoms with Gasteiger partial charge in [0.05, 0.1) is 6.42 Å². The molecule has 0 saturated heterocycles. The van der Waals surface area contributed by atoms with E-state index in [2.05, 4.69) is 0 Å². The highest BCUT2D eigenvalue weighted by Gasteiger charge is 2.20. The standard InChI is InChI=1S/C21H22O6/c22-19(23)11-6-12-21(26)27-17(14-20(24)25)13-16-9-4-5-10-18(16)15-7-2-1-3-8-15/h1-5,7-10,17H,6,11-14H2,(H,22,23)(H,24,25). The maximum Gasteiger partial charge on any atom is 0.307 e. The van der Waals surface area contributed by atoms with Crippen LogP contribution in [0.5, 0.6) is 0 Å². The van der Waals surface area contributed by atoms with Crippen molar-refractivity contribution in [2.24, 2.45) is 0 Å². The van der Waals surface area contributed by atoms with Crippen molar-refractivity contribution < 1.29 is 29.3 Å². The minimum Gasteiger partial charge on any atom is -0.481 e. The summed E-state index contributed by atoms with van der Waals surface area (Å²) in [5.41, 5.74) is 2.83. The molecule has 2 rings (SSSR count). The van der Waals surface area contributed by atoms with Gasteiger partial charge in [0, 0.05) is 19.3 Å². The van der Waals surface area contributed by atoms with Crippen LogP contribution in [0, 0.1) is 0 Å². The molecule has 1 unspecified atom stereocenters. The summed E-state index contributed by atoms with van der Waals surface area (Å²) in [4.78, 5) is 33.7. The van der Waals surface area contributed by atoms with Crippen molar-refractivity contribution in [3.8, 4) is 11.1 Å². The Hall–Kier alpha value is -3.15. The van der Waals surface area contributed by atoms with E-state index in [4.69, 9.17) is 14.9 Å². The van der Waals surface area contributed by atoms with Crippen molar-refractivity contribution in [1.82, 2.24) is 0 Å². The van der Waals surface area contributed by atoms with Gasteiger partial charge in [-0.05, 0) is 23.1 Å². The van der Waals surface area contributed by atoms with Gasteiger partial charge >= 0.3 is 17.9 Å². The van der Waals surface area contributed by atoms with Crippen molar-refractivity contribution in [2.45, 2.75) is 38.2 Å². The fourth-order valence-electron chi connectivity index (χ4n) is 2.82. The molecule has 2 aromatic carbocycles. The molecule has 2 aromatic rings. The third-order valence-electron chi connectivity index (χ3n) is 4.02. The van der Waals surface area contributed by atoms with Gasteiger partial charge in [-0.3, -0.25) is 14.4 Å². The molecule has 6 heteroatoms. The highest BCUT2D eigenvalue weighted by molar-refractivity contribution is 5.73. The third-order valence-corrected chi connectivity index (χ3v) is 4.02. The molecule has 0 amide bonds. The third kappa shape index (κ3) is 6.93. The number of hydrogen-bond acceptors (Lipinski definition) is 4. The van der Waals surface area contributed by atoms with Crippen LogP contribution in [0.4, 0.5) is 0 Å². The molecule has 0 aliphatic heterocycles. The number of hydrogen-bond donors (Lipinski definition) is 2. The first-order valence-corrected chi connectivity index (χ1v) is 8.72. The molecule has 27 heavy (non-hydrogen) atoms. The molecule has 0 aliphatic rings. The van der Waals surface area contributed by atoms with Crippen molar-refractivity contribution in [3.05, 3.63) is 60.2 Å². The Kier molecular flexibility index (Phi) is 7.55. The predicted octanol–water partition coefficient (Wildman–Crippen LogP) is 3.54. The van der Waals surface area contributed by atoms with Crippen LogP contribution in [0.3, 0.4) is 0 Å². The number of aliphatic carboxylic acids is 2. The number of carboxylic acids is 2. The summed E-state index contributed by atoms with van der Waals surface area (Å²) in [5.74, 6) is -2.63. The summed E-state index contributed by atoms with van der Waals surface area (Å²) >= 11 is 0. The predicted molar refractivity (Wildman–Crippen MR) is 99.2 cm³/mol. The Morgan fingerprint density at radius 2 is 1.52 bits per heavy atom. The van der Waals surface area contributed by atoms with Crippen molar-refractivity contribution >= 4 is 17.9 Å². The van der Waals surface area contributed by atoms with Crippen LogP contribution in [-0.4, -0.2) is 34.2 Å². The lowest BCUT2D eigenvalue weighted by molar-refractivity contribution is -0.152. The van der Waals surface area contributed by atoms with E-state index in [1.54, 1.807) is 0 Å². The summed E-state index contributed by atoms with van der Waals surface area (Å²) in [6.07, 6.45) is -0.882. The van der Waals surface area contributed by atoms with Crippen LogP contribution in [-0.2, 0) is 25.5 Å². The Morgan fingerprint density at radius 1 is 0.852 bits per heavy atom. The zero-order chi connectivity index (χ0) is 19.6. The molecule has 0 radical (unpaired) electrons. The molecule has 0 saturated carbocycles. The van der Waals surface area contributed by atoms with Gasteiger partial charge < -0.3 is 14.9 Å². The maximum atomic E-state index is 12.0. The second-order valence-corrected chi connectivity index (χ2v) is 6.18. The van der Waals surface area contributed by atoms with Gasteiger partial charge in [0.2, 0.25) is 0 Å². The molecular formula is C21H22O6. The lowest BCUT2D eigenvalue weighted by Crippen LogP contribution is -2.24. The topological polar surface area (TPSA) is 101 Å². The second kappa shape index (κ2) is 10.1. The zero-order valence-corrected chi connectivity index (χ0v) is 14.8. The minimum atomic E-state index is -1.06. The minimum absolute atomic E-state index is 0.0528. The normalized spacial score (nSPS) is 11.6. The lowest BCUT2D eigenvalue weighted by Gasteiger charge is -2.18. The highest BCUT2D eigenvalue weighted by atomic mass is 16.5. The Labute approximate surface area is 157 Å². The van der Waals surface area contributed by atoms with E-state index in [1.165, 1.54) is 0 Å². The lowest BCUT2D eigenvalue weighted by atomic mass is 9.95. The van der Waals surface area contributed by atoms with Gasteiger partial charge in [-0.25, -0.2) is 0 Å². The Morgan fingerprint density at radius 3 is 2.19 bits per heavy atom. The van der Waals surface area contributed by atoms with Gasteiger partial charge in [-0.1, -0.05) is 54.6 Å². The van der Waals surface area contributed by atoms with E-state index < -0.39 is 24.0 Å². The summed E-state index contributed by atoms with van der Waals surface area (Å²) in [6, 6.07) is 17.3. The number of carboxylic acid groups (broad SMARTS) is 2. The van der Waals surface area contributed by atoms with Gasteiger partial charge in [0.25, 0.3) is 0 Å². The van der Waals surface area contributed by atoms with Crippen LogP contribution < -0.4 is 0 Å². The maximum absolute atomic E-state index is 12.0. The molecule has 0 aliphatic carbocycles. The molecule has 6 nitrogen and oxygen atoms in total. The molecule has 0 heterocycles. The molecule has 142 valence electrons. The number of carbonyl (C=O) groups excluding carboxylic acids is 1. The molecule has 0 fully saturated rings. The van der Waals surface area contributed by atoms with Crippen molar-refractivity contribution in [1.29, 1.82) is 0 Å². The fraction of sp³-hybridized carbons (Fsp3) is 0.286. The summed E-state index contributed by atoms with van der Waals surface area (Å²) < 4.78 is 5.33. The SMILES string of the molecule is O=C(O)CCCC(=O)OC(CC(=O)O)Cc1ccccc1-c1ccccc1. The quantitative estimate of drug-likeness (QED) is 0.621. The number of carbonyl (C=O) groups is 3. The van der Waals surface area contributed by atoms with Crippen LogP contribution in [0.15, 0.2) is 54.6 Å². The zero-order valence-electron chi connectivity index (χ0n) is 14.8. The summed E-state index contributed by atoms with van der Waals surface area (Å²) in [7, 11) is 0. The van der Waals surface area contributed by atoms with Crippen LogP contribution in [0.25, 0.3) is 11.1 Å². The molecule has 0 spiro atoms. The van der Waals surface area contributed by atoms with Crippen LogP contribution >= 0.6 is 0 Å². The Bertz CT molecular complexity index is 784. The van der Waals surface area contributed by atoms with Gasteiger partial charge in [0.15, 0.2) is 0 Å². The molecule has 0 bridgehead atoms. The summed E-state index contributed by atoms with van der Waals surface area (Å²) in [5, 5.41) is 17.8. The number of ether oxygens (including phenoxy) is 1. The number of esters is 1. The van der Waals surface area contributed by atoms with Crippen molar-refractivity contribution in [3.63, 3.8) is 0 Å². The van der Waals surface area contributed by atoms with Gasteiger partial charge in [-0.2, -0.15) is 0 Å². The number of rotatable bonds is 10. The van der Waals surface area contributed by atoms with E-state index in [1.807, 2.05) is 54.6 Å². The molecule has 0 aromatic heterocycles. The van der Waals surface area contributed by atoms with E-state index in [9.17, 15) is 14.4 Å². The van der Waals surface area contributed by atoms with Crippen LogP contribution in [0.1, 0.15) is 31.2 Å². The highest BCUT2D eigenvalue weighted by Crippen LogP contribution is 2.25. The fourth-order valence-corrected chi connectivity index (χ4v) is 2.82.